The number of nitrogens with one attached hydrogen (secondary N) is 1. The highest BCUT2D eigenvalue weighted by molar-refractivity contribution is 5.84. The molecule has 1 rings (SSSR count). The van der Waals surface area contributed by atoms with E-state index >= 15 is 0 Å². The molecule has 1 saturated heterocycles. The molecule has 4 heteroatoms. The number of rotatable bonds is 5. The minimum atomic E-state index is -0.407. The largest absolute Gasteiger partial charge is 0.444 e. The van der Waals surface area contributed by atoms with Crippen LogP contribution < -0.4 is 5.32 Å². The molecule has 0 aromatic heterocycles. The van der Waals surface area contributed by atoms with Crippen molar-refractivity contribution < 1.29 is 14.3 Å². The predicted octanol–water partition coefficient (Wildman–Crippen LogP) is 1.98. The summed E-state index contributed by atoms with van der Waals surface area (Å²) < 4.78 is 5.12. The minimum absolute atomic E-state index is 0.0111. The SMILES string of the molecule is CC(C)C[C@@H](C(=O)C(C)C)C1CNC(=O)O1. The standard InChI is InChI=1S/C12H21NO3/c1-7(2)5-9(11(14)8(3)4)10-6-13-12(15)16-10/h7-10H,5-6H2,1-4H3,(H,13,15)/t9-,10?/m1/s1. The van der Waals surface area contributed by atoms with Gasteiger partial charge in [-0.15, -0.1) is 0 Å². The van der Waals surface area contributed by atoms with Gasteiger partial charge in [0.25, 0.3) is 0 Å². The van der Waals surface area contributed by atoms with E-state index in [0.717, 1.165) is 6.42 Å². The highest BCUT2D eigenvalue weighted by Gasteiger charge is 2.36. The van der Waals surface area contributed by atoms with Crippen LogP contribution in [0.5, 0.6) is 0 Å². The van der Waals surface area contributed by atoms with E-state index in [9.17, 15) is 9.59 Å². The van der Waals surface area contributed by atoms with Gasteiger partial charge in [-0.05, 0) is 12.3 Å². The van der Waals surface area contributed by atoms with Crippen LogP contribution >= 0.6 is 0 Å². The lowest BCUT2D eigenvalue weighted by molar-refractivity contribution is -0.129. The molecule has 0 spiro atoms. The fourth-order valence-electron chi connectivity index (χ4n) is 2.02. The monoisotopic (exact) mass is 227 g/mol. The van der Waals surface area contributed by atoms with Crippen LogP contribution in [-0.2, 0) is 9.53 Å². The van der Waals surface area contributed by atoms with Gasteiger partial charge < -0.3 is 10.1 Å². The molecule has 0 aliphatic carbocycles. The number of ether oxygens (including phenoxy) is 1. The fourth-order valence-corrected chi connectivity index (χ4v) is 2.02. The summed E-state index contributed by atoms with van der Waals surface area (Å²) in [5.41, 5.74) is 0. The second-order valence-corrected chi connectivity index (χ2v) is 5.12. The molecule has 1 aliphatic heterocycles. The first kappa shape index (κ1) is 13.0. The van der Waals surface area contributed by atoms with Gasteiger partial charge in [-0.25, -0.2) is 4.79 Å². The van der Waals surface area contributed by atoms with Crippen LogP contribution in [0.1, 0.15) is 34.1 Å². The average Bonchev–Trinajstić information content (AvgIpc) is 2.59. The van der Waals surface area contributed by atoms with Crippen molar-refractivity contribution in [3.05, 3.63) is 0 Å². The number of hydrogen-bond donors (Lipinski definition) is 1. The van der Waals surface area contributed by atoms with Crippen molar-refractivity contribution >= 4 is 11.9 Å². The lowest BCUT2D eigenvalue weighted by Crippen LogP contribution is -2.34. The van der Waals surface area contributed by atoms with Crippen molar-refractivity contribution in [1.29, 1.82) is 0 Å². The predicted molar refractivity (Wildman–Crippen MR) is 61.1 cm³/mol. The number of alkyl carbamates (subject to hydrolysis) is 1. The second-order valence-electron chi connectivity index (χ2n) is 5.12. The smallest absolute Gasteiger partial charge is 0.407 e. The number of amides is 1. The molecule has 0 aromatic carbocycles. The van der Waals surface area contributed by atoms with E-state index in [2.05, 4.69) is 19.2 Å². The summed E-state index contributed by atoms with van der Waals surface area (Å²) in [7, 11) is 0. The molecule has 1 aliphatic rings. The maximum atomic E-state index is 12.1. The second kappa shape index (κ2) is 5.32. The molecule has 0 saturated carbocycles. The maximum Gasteiger partial charge on any atom is 0.407 e. The van der Waals surface area contributed by atoms with Crippen molar-refractivity contribution in [3.8, 4) is 0 Å². The molecule has 4 nitrogen and oxygen atoms in total. The first-order valence-corrected chi connectivity index (χ1v) is 5.90. The summed E-state index contributed by atoms with van der Waals surface area (Å²) in [4.78, 5) is 23.0. The number of cyclic esters (lactones) is 1. The van der Waals surface area contributed by atoms with Crippen molar-refractivity contribution in [2.75, 3.05) is 6.54 Å². The summed E-state index contributed by atoms with van der Waals surface area (Å²) >= 11 is 0. The summed E-state index contributed by atoms with van der Waals surface area (Å²) in [5, 5.41) is 2.60. The zero-order valence-corrected chi connectivity index (χ0v) is 10.4. The number of Topliss-reactive ketones (excluding diaryl/α,β-unsaturated/α-hetero) is 1. The van der Waals surface area contributed by atoms with E-state index in [1.165, 1.54) is 0 Å². The maximum absolute atomic E-state index is 12.1. The van der Waals surface area contributed by atoms with Gasteiger partial charge in [0.05, 0.1) is 12.5 Å². The third-order valence-electron chi connectivity index (χ3n) is 2.81. The summed E-state index contributed by atoms with van der Waals surface area (Å²) in [6, 6.07) is 0. The molecule has 1 unspecified atom stereocenters. The minimum Gasteiger partial charge on any atom is -0.444 e. The Bertz CT molecular complexity index is 273. The third-order valence-corrected chi connectivity index (χ3v) is 2.81. The van der Waals surface area contributed by atoms with Crippen molar-refractivity contribution in [1.82, 2.24) is 5.32 Å². The van der Waals surface area contributed by atoms with Gasteiger partial charge in [0.2, 0.25) is 0 Å². The summed E-state index contributed by atoms with van der Waals surface area (Å²) in [5.74, 6) is 0.434. The van der Waals surface area contributed by atoms with E-state index < -0.39 is 6.09 Å². The molecule has 0 aromatic rings. The molecule has 16 heavy (non-hydrogen) atoms. The lowest BCUT2D eigenvalue weighted by atomic mass is 9.84. The van der Waals surface area contributed by atoms with Gasteiger partial charge in [-0.2, -0.15) is 0 Å². The van der Waals surface area contributed by atoms with Crippen LogP contribution in [0.15, 0.2) is 0 Å². The molecular weight excluding hydrogens is 206 g/mol. The van der Waals surface area contributed by atoms with Gasteiger partial charge in [0, 0.05) is 5.92 Å². The Morgan fingerprint density at radius 3 is 2.44 bits per heavy atom. The quantitative estimate of drug-likeness (QED) is 0.781. The van der Waals surface area contributed by atoms with Crippen LogP contribution in [0.3, 0.4) is 0 Å². The van der Waals surface area contributed by atoms with E-state index in [0.29, 0.717) is 12.5 Å². The Morgan fingerprint density at radius 2 is 2.06 bits per heavy atom. The van der Waals surface area contributed by atoms with Gasteiger partial charge in [-0.1, -0.05) is 27.7 Å². The van der Waals surface area contributed by atoms with Gasteiger partial charge >= 0.3 is 6.09 Å². The molecule has 1 fully saturated rings. The Labute approximate surface area is 96.7 Å². The Hall–Kier alpha value is -1.06. The van der Waals surface area contributed by atoms with E-state index in [1.54, 1.807) is 0 Å². The van der Waals surface area contributed by atoms with Crippen molar-refractivity contribution in [2.45, 2.75) is 40.2 Å². The van der Waals surface area contributed by atoms with E-state index in [4.69, 9.17) is 4.74 Å². The van der Waals surface area contributed by atoms with E-state index in [1.807, 2.05) is 13.8 Å². The molecule has 1 amide bonds. The Kier molecular flexibility index (Phi) is 4.33. The van der Waals surface area contributed by atoms with Crippen molar-refractivity contribution in [3.63, 3.8) is 0 Å². The third kappa shape index (κ3) is 3.22. The van der Waals surface area contributed by atoms with Crippen LogP contribution in [0, 0.1) is 17.8 Å². The highest BCUT2D eigenvalue weighted by atomic mass is 16.6. The Morgan fingerprint density at radius 1 is 1.44 bits per heavy atom. The molecular formula is C12H21NO3. The normalized spacial score (nSPS) is 22.1. The number of carbonyl (C=O) groups excluding carboxylic acids is 2. The number of carbonyl (C=O) groups is 2. The average molecular weight is 227 g/mol. The van der Waals surface area contributed by atoms with Gasteiger partial charge in [0.1, 0.15) is 11.9 Å². The molecule has 0 radical (unpaired) electrons. The summed E-state index contributed by atoms with van der Waals surface area (Å²) in [6.07, 6.45) is 0.0801. The lowest BCUT2D eigenvalue weighted by Gasteiger charge is -2.23. The molecule has 1 heterocycles. The van der Waals surface area contributed by atoms with Crippen LogP contribution in [-0.4, -0.2) is 24.5 Å². The van der Waals surface area contributed by atoms with E-state index in [-0.39, 0.29) is 23.7 Å². The van der Waals surface area contributed by atoms with Crippen LogP contribution in [0.2, 0.25) is 0 Å². The zero-order valence-electron chi connectivity index (χ0n) is 10.4. The number of ketones is 1. The fraction of sp³-hybridized carbons (Fsp3) is 0.833. The Balaban J connectivity index is 2.70. The first-order valence-electron chi connectivity index (χ1n) is 5.90. The topological polar surface area (TPSA) is 55.4 Å². The van der Waals surface area contributed by atoms with Gasteiger partial charge in [-0.3, -0.25) is 4.79 Å². The number of hydrogen-bond acceptors (Lipinski definition) is 3. The molecule has 1 N–H and O–H groups in total. The molecule has 2 atom stereocenters. The molecule has 0 bridgehead atoms. The van der Waals surface area contributed by atoms with Crippen LogP contribution in [0.25, 0.3) is 0 Å². The summed E-state index contributed by atoms with van der Waals surface area (Å²) in [6.45, 7) is 8.38. The zero-order chi connectivity index (χ0) is 12.3. The first-order chi connectivity index (χ1) is 7.41. The van der Waals surface area contributed by atoms with Crippen molar-refractivity contribution in [2.24, 2.45) is 17.8 Å². The van der Waals surface area contributed by atoms with Gasteiger partial charge in [0.15, 0.2) is 0 Å². The highest BCUT2D eigenvalue weighted by Crippen LogP contribution is 2.24. The van der Waals surface area contributed by atoms with Crippen LogP contribution in [0.4, 0.5) is 4.79 Å². The molecule has 92 valence electrons.